The predicted molar refractivity (Wildman–Crippen MR) is 62.0 cm³/mol. The molecule has 0 amide bonds. The van der Waals surface area contributed by atoms with Crippen molar-refractivity contribution in [3.8, 4) is 0 Å². The second-order valence-electron chi connectivity index (χ2n) is 3.96. The number of nitrogens with two attached hydrogens (primary N) is 1. The lowest BCUT2D eigenvalue weighted by Gasteiger charge is -2.30. The first kappa shape index (κ1) is 10.9. The summed E-state index contributed by atoms with van der Waals surface area (Å²) in [6.45, 7) is 0.526. The monoisotopic (exact) mass is 225 g/mol. The van der Waals surface area contributed by atoms with Crippen molar-refractivity contribution in [2.75, 3.05) is 6.54 Å². The van der Waals surface area contributed by atoms with E-state index in [-0.39, 0.29) is 6.10 Å². The van der Waals surface area contributed by atoms with E-state index in [2.05, 4.69) is 0 Å². The molecule has 0 spiro atoms. The molecule has 0 aromatic heterocycles. The molecule has 1 aromatic rings. The third-order valence-corrected chi connectivity index (χ3v) is 3.12. The molecule has 1 aliphatic rings. The summed E-state index contributed by atoms with van der Waals surface area (Å²) in [4.78, 5) is 0. The lowest BCUT2D eigenvalue weighted by atomic mass is 9.95. The van der Waals surface area contributed by atoms with Crippen LogP contribution >= 0.6 is 11.6 Å². The summed E-state index contributed by atoms with van der Waals surface area (Å²) in [7, 11) is 0. The van der Waals surface area contributed by atoms with Crippen molar-refractivity contribution < 1.29 is 4.74 Å². The van der Waals surface area contributed by atoms with E-state index in [1.807, 2.05) is 24.3 Å². The Bertz CT molecular complexity index is 308. The van der Waals surface area contributed by atoms with E-state index in [9.17, 15) is 0 Å². The summed E-state index contributed by atoms with van der Waals surface area (Å²) in [5, 5.41) is 0.748. The Labute approximate surface area is 95.4 Å². The van der Waals surface area contributed by atoms with Gasteiger partial charge in [-0.25, -0.2) is 0 Å². The first-order valence-electron chi connectivity index (χ1n) is 5.40. The van der Waals surface area contributed by atoms with E-state index in [0.29, 0.717) is 12.6 Å². The van der Waals surface area contributed by atoms with Gasteiger partial charge in [-0.3, -0.25) is 0 Å². The maximum absolute atomic E-state index is 5.89. The smallest absolute Gasteiger partial charge is 0.0950 e. The van der Waals surface area contributed by atoms with Gasteiger partial charge >= 0.3 is 0 Å². The number of hydrogen-bond donors (Lipinski definition) is 1. The Balaban J connectivity index is 2.01. The minimum Gasteiger partial charge on any atom is -0.369 e. The van der Waals surface area contributed by atoms with Crippen molar-refractivity contribution in [1.29, 1.82) is 0 Å². The van der Waals surface area contributed by atoms with Crippen LogP contribution in [0.4, 0.5) is 0 Å². The molecule has 3 heteroatoms. The van der Waals surface area contributed by atoms with Crippen molar-refractivity contribution in [1.82, 2.24) is 0 Å². The SMILES string of the molecule is NCC(OC1CCC1)c1ccc(Cl)cc1. The Hall–Kier alpha value is -0.570. The highest BCUT2D eigenvalue weighted by Crippen LogP contribution is 2.28. The highest BCUT2D eigenvalue weighted by atomic mass is 35.5. The van der Waals surface area contributed by atoms with Gasteiger partial charge in [0.25, 0.3) is 0 Å². The first-order valence-corrected chi connectivity index (χ1v) is 5.78. The molecule has 1 aromatic carbocycles. The van der Waals surface area contributed by atoms with E-state index < -0.39 is 0 Å². The van der Waals surface area contributed by atoms with Crippen LogP contribution in [0.1, 0.15) is 30.9 Å². The van der Waals surface area contributed by atoms with Gasteiger partial charge in [0.05, 0.1) is 12.2 Å². The molecule has 2 N–H and O–H groups in total. The molecule has 1 atom stereocenters. The normalized spacial score (nSPS) is 18.5. The summed E-state index contributed by atoms with van der Waals surface area (Å²) in [6, 6.07) is 7.73. The Morgan fingerprint density at radius 3 is 2.47 bits per heavy atom. The average molecular weight is 226 g/mol. The van der Waals surface area contributed by atoms with Crippen LogP contribution < -0.4 is 5.73 Å². The van der Waals surface area contributed by atoms with Crippen LogP contribution in [0.2, 0.25) is 5.02 Å². The van der Waals surface area contributed by atoms with Gasteiger partial charge in [0, 0.05) is 11.6 Å². The minimum absolute atomic E-state index is 0.0209. The maximum Gasteiger partial charge on any atom is 0.0950 e. The molecule has 82 valence electrons. The largest absolute Gasteiger partial charge is 0.369 e. The fraction of sp³-hybridized carbons (Fsp3) is 0.500. The van der Waals surface area contributed by atoms with Gasteiger partial charge in [0.1, 0.15) is 0 Å². The number of hydrogen-bond acceptors (Lipinski definition) is 2. The van der Waals surface area contributed by atoms with Crippen LogP contribution in [0.25, 0.3) is 0 Å². The molecular formula is C12H16ClNO. The van der Waals surface area contributed by atoms with Crippen molar-refractivity contribution in [3.05, 3.63) is 34.9 Å². The van der Waals surface area contributed by atoms with Crippen molar-refractivity contribution in [2.24, 2.45) is 5.73 Å². The van der Waals surface area contributed by atoms with E-state index in [1.165, 1.54) is 19.3 Å². The highest BCUT2D eigenvalue weighted by Gasteiger charge is 2.22. The van der Waals surface area contributed by atoms with Crippen molar-refractivity contribution in [2.45, 2.75) is 31.5 Å². The van der Waals surface area contributed by atoms with Crippen LogP contribution in [-0.2, 0) is 4.74 Å². The second kappa shape index (κ2) is 4.97. The van der Waals surface area contributed by atoms with Crippen molar-refractivity contribution >= 4 is 11.6 Å². The lowest BCUT2D eigenvalue weighted by Crippen LogP contribution is -2.27. The molecule has 1 unspecified atom stereocenters. The molecule has 1 saturated carbocycles. The summed E-state index contributed by atoms with van der Waals surface area (Å²) >= 11 is 5.83. The van der Waals surface area contributed by atoms with Crippen LogP contribution in [0, 0.1) is 0 Å². The maximum atomic E-state index is 5.89. The lowest BCUT2D eigenvalue weighted by molar-refractivity contribution is -0.0487. The number of halogens is 1. The standard InChI is InChI=1S/C12H16ClNO/c13-10-6-4-9(5-7-10)12(8-14)15-11-2-1-3-11/h4-7,11-12H,1-3,8,14H2. The van der Waals surface area contributed by atoms with Gasteiger partial charge in [-0.15, -0.1) is 0 Å². The predicted octanol–water partition coefficient (Wildman–Crippen LogP) is 2.91. The first-order chi connectivity index (χ1) is 7.29. The third-order valence-electron chi connectivity index (χ3n) is 2.86. The number of ether oxygens (including phenoxy) is 1. The molecule has 0 aliphatic heterocycles. The van der Waals surface area contributed by atoms with Gasteiger partial charge < -0.3 is 10.5 Å². The summed E-state index contributed by atoms with van der Waals surface area (Å²) in [5.74, 6) is 0. The van der Waals surface area contributed by atoms with Gasteiger partial charge in [-0.2, -0.15) is 0 Å². The zero-order chi connectivity index (χ0) is 10.7. The minimum atomic E-state index is 0.0209. The van der Waals surface area contributed by atoms with Crippen molar-refractivity contribution in [3.63, 3.8) is 0 Å². The highest BCUT2D eigenvalue weighted by molar-refractivity contribution is 6.30. The molecule has 0 radical (unpaired) electrons. The van der Waals surface area contributed by atoms with Crippen LogP contribution in [0.15, 0.2) is 24.3 Å². The van der Waals surface area contributed by atoms with E-state index in [4.69, 9.17) is 22.1 Å². The Kier molecular flexibility index (Phi) is 3.62. The molecule has 2 rings (SSSR count). The van der Waals surface area contributed by atoms with E-state index in [0.717, 1.165) is 10.6 Å². The molecule has 0 saturated heterocycles. The molecule has 2 nitrogen and oxygen atoms in total. The summed E-state index contributed by atoms with van der Waals surface area (Å²) in [6.07, 6.45) is 4.05. The van der Waals surface area contributed by atoms with E-state index in [1.54, 1.807) is 0 Å². The summed E-state index contributed by atoms with van der Waals surface area (Å²) < 4.78 is 5.89. The molecule has 1 aliphatic carbocycles. The number of rotatable bonds is 4. The van der Waals surface area contributed by atoms with Gasteiger partial charge in [-0.1, -0.05) is 23.7 Å². The molecule has 1 fully saturated rings. The Morgan fingerprint density at radius 1 is 1.33 bits per heavy atom. The molecule has 0 heterocycles. The Morgan fingerprint density at radius 2 is 2.00 bits per heavy atom. The van der Waals surface area contributed by atoms with Gasteiger partial charge in [-0.05, 0) is 37.0 Å². The van der Waals surface area contributed by atoms with Crippen LogP contribution in [0.3, 0.4) is 0 Å². The quantitative estimate of drug-likeness (QED) is 0.855. The molecule has 15 heavy (non-hydrogen) atoms. The van der Waals surface area contributed by atoms with Gasteiger partial charge in [0.15, 0.2) is 0 Å². The van der Waals surface area contributed by atoms with Gasteiger partial charge in [0.2, 0.25) is 0 Å². The average Bonchev–Trinajstić information content (AvgIpc) is 2.19. The fourth-order valence-corrected chi connectivity index (χ4v) is 1.81. The topological polar surface area (TPSA) is 35.2 Å². The second-order valence-corrected chi connectivity index (χ2v) is 4.40. The van der Waals surface area contributed by atoms with E-state index >= 15 is 0 Å². The summed E-state index contributed by atoms with van der Waals surface area (Å²) in [5.41, 5.74) is 6.83. The molecule has 0 bridgehead atoms. The fourth-order valence-electron chi connectivity index (χ4n) is 1.69. The zero-order valence-corrected chi connectivity index (χ0v) is 9.41. The zero-order valence-electron chi connectivity index (χ0n) is 8.66. The number of benzene rings is 1. The van der Waals surface area contributed by atoms with Crippen LogP contribution in [0.5, 0.6) is 0 Å². The third kappa shape index (κ3) is 2.71. The molecular weight excluding hydrogens is 210 g/mol. The van der Waals surface area contributed by atoms with Crippen LogP contribution in [-0.4, -0.2) is 12.6 Å².